The van der Waals surface area contributed by atoms with Gasteiger partial charge in [-0.15, -0.1) is 0 Å². The summed E-state index contributed by atoms with van der Waals surface area (Å²) in [4.78, 5) is 10.5. The lowest BCUT2D eigenvalue weighted by atomic mass is 10.2. The zero-order chi connectivity index (χ0) is 10.7. The predicted octanol–water partition coefficient (Wildman–Crippen LogP) is 1.76. The van der Waals surface area contributed by atoms with Crippen LogP contribution in [0.15, 0.2) is 24.3 Å². The van der Waals surface area contributed by atoms with E-state index < -0.39 is 11.0 Å². The van der Waals surface area contributed by atoms with Gasteiger partial charge in [0.05, 0.1) is 0 Å². The molecule has 0 amide bonds. The van der Waals surface area contributed by atoms with Crippen LogP contribution in [0.25, 0.3) is 0 Å². The Balaban J connectivity index is 2.20. The first-order chi connectivity index (χ1) is 7.31. The molecule has 1 aromatic rings. The molecule has 1 aromatic carbocycles. The second kappa shape index (κ2) is 4.57. The van der Waals surface area contributed by atoms with Crippen LogP contribution in [-0.4, -0.2) is 22.8 Å². The Hall–Kier alpha value is -1.16. The third-order valence-electron chi connectivity index (χ3n) is 2.49. The fourth-order valence-electron chi connectivity index (χ4n) is 1.66. The quantitative estimate of drug-likeness (QED) is 0.716. The first kappa shape index (κ1) is 10.4. The average molecular weight is 223 g/mol. The normalized spacial score (nSPS) is 21.3. The van der Waals surface area contributed by atoms with Crippen molar-refractivity contribution in [2.45, 2.75) is 12.8 Å². The number of hydrogen-bond acceptors (Lipinski definition) is 2. The minimum atomic E-state index is -0.893. The van der Waals surface area contributed by atoms with Crippen LogP contribution in [0.5, 0.6) is 0 Å². The smallest absolute Gasteiger partial charge is 0.150 e. The average Bonchev–Trinajstić information content (AvgIpc) is 2.30. The number of carbonyl (C=O) groups is 1. The summed E-state index contributed by atoms with van der Waals surface area (Å²) in [6.45, 7) is 0.840. The summed E-state index contributed by atoms with van der Waals surface area (Å²) < 4.78 is 13.6. The molecule has 1 unspecified atom stereocenters. The molecule has 2 rings (SSSR count). The first-order valence-electron chi connectivity index (χ1n) is 5.02. The standard InChI is InChI=1S/C11H13NO2S/c13-9-10-3-5-11(6-4-10)12-7-1-2-8-15(12)14/h3-6,9H,1-2,7-8H2. The summed E-state index contributed by atoms with van der Waals surface area (Å²) in [6.07, 6.45) is 2.94. The Kier molecular flexibility index (Phi) is 3.16. The maximum atomic E-state index is 11.7. The van der Waals surface area contributed by atoms with Crippen molar-refractivity contribution >= 4 is 23.0 Å². The van der Waals surface area contributed by atoms with Gasteiger partial charge in [-0.25, -0.2) is 4.21 Å². The van der Waals surface area contributed by atoms with Gasteiger partial charge >= 0.3 is 0 Å². The lowest BCUT2D eigenvalue weighted by molar-refractivity contribution is 0.112. The second-order valence-corrected chi connectivity index (χ2v) is 5.04. The molecule has 0 saturated carbocycles. The SMILES string of the molecule is O=Cc1ccc(N2CCCCS2=O)cc1. The summed E-state index contributed by atoms with van der Waals surface area (Å²) in [7, 11) is -0.893. The van der Waals surface area contributed by atoms with Crippen LogP contribution in [0.1, 0.15) is 23.2 Å². The van der Waals surface area contributed by atoms with Crippen molar-refractivity contribution in [3.63, 3.8) is 0 Å². The van der Waals surface area contributed by atoms with E-state index in [0.717, 1.165) is 37.1 Å². The number of benzene rings is 1. The summed E-state index contributed by atoms with van der Waals surface area (Å²) in [5, 5.41) is 0. The van der Waals surface area contributed by atoms with Crippen LogP contribution in [0.4, 0.5) is 5.69 Å². The van der Waals surface area contributed by atoms with Crippen molar-refractivity contribution in [1.82, 2.24) is 0 Å². The maximum Gasteiger partial charge on any atom is 0.150 e. The second-order valence-electron chi connectivity index (χ2n) is 3.54. The van der Waals surface area contributed by atoms with Gasteiger partial charge in [0.25, 0.3) is 0 Å². The third-order valence-corrected chi connectivity index (χ3v) is 4.02. The summed E-state index contributed by atoms with van der Waals surface area (Å²) in [5.41, 5.74) is 1.60. The zero-order valence-corrected chi connectivity index (χ0v) is 9.20. The maximum absolute atomic E-state index is 11.7. The van der Waals surface area contributed by atoms with Crippen molar-refractivity contribution in [3.8, 4) is 0 Å². The molecular weight excluding hydrogens is 210 g/mol. The number of anilines is 1. The molecule has 0 aromatic heterocycles. The molecule has 80 valence electrons. The fraction of sp³-hybridized carbons (Fsp3) is 0.364. The Labute approximate surface area is 91.7 Å². The summed E-state index contributed by atoms with van der Waals surface area (Å²) >= 11 is 0. The van der Waals surface area contributed by atoms with Crippen LogP contribution < -0.4 is 4.31 Å². The van der Waals surface area contributed by atoms with E-state index in [0.29, 0.717) is 5.56 Å². The minimum absolute atomic E-state index is 0.654. The Morgan fingerprint density at radius 2 is 1.93 bits per heavy atom. The lowest BCUT2D eigenvalue weighted by Crippen LogP contribution is -2.32. The fourth-order valence-corrected chi connectivity index (χ4v) is 3.02. The molecule has 1 saturated heterocycles. The van der Waals surface area contributed by atoms with Gasteiger partial charge < -0.3 is 0 Å². The van der Waals surface area contributed by atoms with Crippen LogP contribution >= 0.6 is 0 Å². The molecule has 15 heavy (non-hydrogen) atoms. The van der Waals surface area contributed by atoms with Crippen molar-refractivity contribution in [3.05, 3.63) is 29.8 Å². The highest BCUT2D eigenvalue weighted by molar-refractivity contribution is 7.86. The molecule has 1 fully saturated rings. The number of hydrogen-bond donors (Lipinski definition) is 0. The number of nitrogens with zero attached hydrogens (tertiary/aromatic N) is 1. The zero-order valence-electron chi connectivity index (χ0n) is 8.39. The van der Waals surface area contributed by atoms with Gasteiger partial charge in [-0.05, 0) is 37.1 Å². The van der Waals surface area contributed by atoms with E-state index in [1.54, 1.807) is 12.1 Å². The molecule has 0 radical (unpaired) electrons. The molecule has 1 aliphatic heterocycles. The van der Waals surface area contributed by atoms with Crippen LogP contribution in [0.2, 0.25) is 0 Å². The summed E-state index contributed by atoms with van der Waals surface area (Å²) in [5.74, 6) is 0.745. The molecule has 1 atom stereocenters. The predicted molar refractivity (Wildman–Crippen MR) is 61.4 cm³/mol. The largest absolute Gasteiger partial charge is 0.298 e. The topological polar surface area (TPSA) is 37.4 Å². The molecule has 1 aliphatic rings. The van der Waals surface area contributed by atoms with Gasteiger partial charge in [-0.1, -0.05) is 0 Å². The number of rotatable bonds is 2. The first-order valence-corrected chi connectivity index (χ1v) is 6.30. The molecule has 4 heteroatoms. The van der Waals surface area contributed by atoms with E-state index in [1.807, 2.05) is 16.4 Å². The van der Waals surface area contributed by atoms with E-state index in [2.05, 4.69) is 0 Å². The van der Waals surface area contributed by atoms with Gasteiger partial charge in [0.1, 0.15) is 17.3 Å². The lowest BCUT2D eigenvalue weighted by Gasteiger charge is -2.27. The highest BCUT2D eigenvalue weighted by Crippen LogP contribution is 2.20. The van der Waals surface area contributed by atoms with Gasteiger partial charge in [0.15, 0.2) is 0 Å². The highest BCUT2D eigenvalue weighted by Gasteiger charge is 2.17. The molecule has 3 nitrogen and oxygen atoms in total. The minimum Gasteiger partial charge on any atom is -0.298 e. The van der Waals surface area contributed by atoms with Gasteiger partial charge in [0.2, 0.25) is 0 Å². The van der Waals surface area contributed by atoms with Crippen LogP contribution in [-0.2, 0) is 11.0 Å². The van der Waals surface area contributed by atoms with Crippen molar-refractivity contribution in [2.24, 2.45) is 0 Å². The molecular formula is C11H13NO2S. The molecule has 0 aliphatic carbocycles. The Morgan fingerprint density at radius 1 is 1.20 bits per heavy atom. The van der Waals surface area contributed by atoms with Gasteiger partial charge in [-0.2, -0.15) is 0 Å². The molecule has 1 heterocycles. The van der Waals surface area contributed by atoms with Crippen LogP contribution in [0, 0.1) is 0 Å². The van der Waals surface area contributed by atoms with Gasteiger partial charge in [-0.3, -0.25) is 9.10 Å². The van der Waals surface area contributed by atoms with Crippen LogP contribution in [0.3, 0.4) is 0 Å². The van der Waals surface area contributed by atoms with E-state index in [9.17, 15) is 9.00 Å². The number of carbonyl (C=O) groups excluding carboxylic acids is 1. The van der Waals surface area contributed by atoms with E-state index >= 15 is 0 Å². The third kappa shape index (κ3) is 2.26. The van der Waals surface area contributed by atoms with E-state index in [-0.39, 0.29) is 0 Å². The Morgan fingerprint density at radius 3 is 2.53 bits per heavy atom. The highest BCUT2D eigenvalue weighted by atomic mass is 32.2. The summed E-state index contributed by atoms with van der Waals surface area (Å²) in [6, 6.07) is 7.22. The van der Waals surface area contributed by atoms with Gasteiger partial charge in [0, 0.05) is 23.5 Å². The number of aldehydes is 1. The van der Waals surface area contributed by atoms with E-state index in [1.165, 1.54) is 0 Å². The van der Waals surface area contributed by atoms with E-state index in [4.69, 9.17) is 0 Å². The van der Waals surface area contributed by atoms with Crippen molar-refractivity contribution < 1.29 is 9.00 Å². The molecule has 0 bridgehead atoms. The molecule has 0 N–H and O–H groups in total. The van der Waals surface area contributed by atoms with Crippen molar-refractivity contribution in [2.75, 3.05) is 16.6 Å². The molecule has 0 spiro atoms. The Bertz CT molecular complexity index is 375. The monoisotopic (exact) mass is 223 g/mol. The van der Waals surface area contributed by atoms with Crippen molar-refractivity contribution in [1.29, 1.82) is 0 Å².